The first kappa shape index (κ1) is 50.9. The molecule has 1 saturated heterocycles. The summed E-state index contributed by atoms with van der Waals surface area (Å²) < 4.78 is 11.4. The van der Waals surface area contributed by atoms with Gasteiger partial charge in [0.15, 0.2) is 0 Å². The van der Waals surface area contributed by atoms with Crippen LogP contribution in [0.2, 0.25) is 0 Å². The molecule has 54 heavy (non-hydrogen) atoms. The molecule has 0 bridgehead atoms. The molecule has 5 heteroatoms. The third kappa shape index (κ3) is 32.0. The molecule has 0 aromatic heterocycles. The maximum Gasteiger partial charge on any atom is 0.306 e. The number of ether oxygens (including phenoxy) is 2. The molecule has 5 nitrogen and oxygen atoms in total. The summed E-state index contributed by atoms with van der Waals surface area (Å²) in [5.41, 5.74) is 0. The van der Waals surface area contributed by atoms with Gasteiger partial charge in [-0.15, -0.1) is 0 Å². The number of carbonyl (C=O) groups is 2. The highest BCUT2D eigenvalue weighted by molar-refractivity contribution is 5.70. The zero-order valence-electron chi connectivity index (χ0n) is 37.1. The Bertz CT molecular complexity index is 792. The predicted molar refractivity (Wildman–Crippen MR) is 233 cm³/mol. The van der Waals surface area contributed by atoms with Crippen molar-refractivity contribution in [2.75, 3.05) is 32.8 Å². The second-order valence-electron chi connectivity index (χ2n) is 17.6. The molecule has 1 aliphatic rings. The highest BCUT2D eigenvalue weighted by Crippen LogP contribution is 2.25. The molecule has 0 saturated carbocycles. The molecule has 1 aliphatic heterocycles. The van der Waals surface area contributed by atoms with E-state index >= 15 is 0 Å². The van der Waals surface area contributed by atoms with Crippen LogP contribution in [0.25, 0.3) is 0 Å². The molecule has 320 valence electrons. The zero-order chi connectivity index (χ0) is 39.2. The largest absolute Gasteiger partial charge is 0.466 e. The summed E-state index contributed by atoms with van der Waals surface area (Å²) in [6, 6.07) is 0. The van der Waals surface area contributed by atoms with Crippen molar-refractivity contribution in [3.05, 3.63) is 0 Å². The van der Waals surface area contributed by atoms with Crippen molar-refractivity contribution < 1.29 is 19.1 Å². The molecular formula is C49H95NO4. The normalized spacial score (nSPS) is 14.0. The van der Waals surface area contributed by atoms with Crippen molar-refractivity contribution in [3.8, 4) is 0 Å². The van der Waals surface area contributed by atoms with E-state index in [1.807, 2.05) is 0 Å². The van der Waals surface area contributed by atoms with E-state index in [1.165, 1.54) is 219 Å². The van der Waals surface area contributed by atoms with E-state index in [4.69, 9.17) is 9.47 Å². The molecule has 1 atom stereocenters. The van der Waals surface area contributed by atoms with Crippen molar-refractivity contribution in [2.45, 2.75) is 252 Å². The van der Waals surface area contributed by atoms with Crippen LogP contribution in [0.15, 0.2) is 0 Å². The van der Waals surface area contributed by atoms with Crippen LogP contribution >= 0.6 is 0 Å². The van der Waals surface area contributed by atoms with Crippen LogP contribution in [-0.4, -0.2) is 49.7 Å². The van der Waals surface area contributed by atoms with Gasteiger partial charge in [-0.25, -0.2) is 0 Å². The van der Waals surface area contributed by atoms with Crippen LogP contribution in [0, 0.1) is 17.8 Å². The van der Waals surface area contributed by atoms with E-state index in [1.54, 1.807) is 0 Å². The molecule has 0 N–H and O–H groups in total. The molecule has 0 amide bonds. The Morgan fingerprint density at radius 2 is 0.722 bits per heavy atom. The second kappa shape index (κ2) is 38.8. The number of hydrogen-bond donors (Lipinski definition) is 0. The number of carbonyl (C=O) groups excluding carboxylic acids is 2. The van der Waals surface area contributed by atoms with Crippen LogP contribution in [0.1, 0.15) is 252 Å². The topological polar surface area (TPSA) is 55.8 Å². The summed E-state index contributed by atoms with van der Waals surface area (Å²) in [5, 5.41) is 0. The molecular weight excluding hydrogens is 667 g/mol. The van der Waals surface area contributed by atoms with Gasteiger partial charge in [0.25, 0.3) is 0 Å². The van der Waals surface area contributed by atoms with Crippen molar-refractivity contribution in [3.63, 3.8) is 0 Å². The lowest BCUT2D eigenvalue weighted by atomic mass is 9.91. The van der Waals surface area contributed by atoms with Crippen LogP contribution < -0.4 is 0 Å². The summed E-state index contributed by atoms with van der Waals surface area (Å²) in [4.78, 5) is 27.8. The fourth-order valence-electron chi connectivity index (χ4n) is 8.68. The van der Waals surface area contributed by atoms with Crippen LogP contribution in [-0.2, 0) is 19.1 Å². The summed E-state index contributed by atoms with van der Waals surface area (Å²) in [5.74, 6) is 2.00. The number of hydrogen-bond acceptors (Lipinski definition) is 5. The van der Waals surface area contributed by atoms with E-state index in [0.717, 1.165) is 18.8 Å². The van der Waals surface area contributed by atoms with Gasteiger partial charge in [-0.05, 0) is 95.2 Å². The Morgan fingerprint density at radius 3 is 1.09 bits per heavy atom. The van der Waals surface area contributed by atoms with E-state index in [-0.39, 0.29) is 11.9 Å². The molecule has 0 aromatic rings. The number of nitrogens with zero attached hydrogens (tertiary/aromatic N) is 1. The average molecular weight is 762 g/mol. The van der Waals surface area contributed by atoms with E-state index in [9.17, 15) is 9.59 Å². The standard InChI is InChI=1S/C49H95NO4/c1-5-9-21-33-46(34-22-10-6-2)43-48(51)53-41-29-19-15-13-14-17-25-31-45(37-40-50-38-27-28-39-50)32-26-18-16-20-30-42-54-49(52)44-47(35-23-11-7-3)36-24-12-8-4/h45-47H,5-44H2,1-4H3. The molecule has 0 aliphatic carbocycles. The maximum atomic E-state index is 12.5. The monoisotopic (exact) mass is 762 g/mol. The maximum absolute atomic E-state index is 12.5. The van der Waals surface area contributed by atoms with E-state index in [0.29, 0.717) is 37.9 Å². The van der Waals surface area contributed by atoms with Crippen molar-refractivity contribution >= 4 is 11.9 Å². The minimum absolute atomic E-state index is 0.0413. The first-order chi connectivity index (χ1) is 26.5. The Kier molecular flexibility index (Phi) is 36.5. The number of likely N-dealkylation sites (tertiary alicyclic amines) is 1. The van der Waals surface area contributed by atoms with Gasteiger partial charge in [0.1, 0.15) is 0 Å². The van der Waals surface area contributed by atoms with Crippen molar-refractivity contribution in [2.24, 2.45) is 17.8 Å². The highest BCUT2D eigenvalue weighted by Gasteiger charge is 2.17. The second-order valence-corrected chi connectivity index (χ2v) is 17.6. The minimum Gasteiger partial charge on any atom is -0.466 e. The molecule has 0 spiro atoms. The number of rotatable bonds is 41. The van der Waals surface area contributed by atoms with Crippen LogP contribution in [0.5, 0.6) is 0 Å². The van der Waals surface area contributed by atoms with Crippen molar-refractivity contribution in [1.29, 1.82) is 0 Å². The summed E-state index contributed by atoms with van der Waals surface area (Å²) >= 11 is 0. The van der Waals surface area contributed by atoms with Gasteiger partial charge in [0.05, 0.1) is 13.2 Å². The smallest absolute Gasteiger partial charge is 0.306 e. The highest BCUT2D eigenvalue weighted by atomic mass is 16.5. The minimum atomic E-state index is 0.0413. The lowest BCUT2D eigenvalue weighted by Gasteiger charge is -2.21. The Labute approximate surface area is 338 Å². The van der Waals surface area contributed by atoms with Gasteiger partial charge in [-0.1, -0.05) is 182 Å². The average Bonchev–Trinajstić information content (AvgIpc) is 3.69. The van der Waals surface area contributed by atoms with Gasteiger partial charge in [-0.2, -0.15) is 0 Å². The fraction of sp³-hybridized carbons (Fsp3) is 0.959. The van der Waals surface area contributed by atoms with Gasteiger partial charge >= 0.3 is 11.9 Å². The summed E-state index contributed by atoms with van der Waals surface area (Å²) in [6.45, 7) is 14.2. The van der Waals surface area contributed by atoms with Gasteiger partial charge < -0.3 is 14.4 Å². The molecule has 1 fully saturated rings. The molecule has 0 aromatic carbocycles. The zero-order valence-corrected chi connectivity index (χ0v) is 37.1. The lowest BCUT2D eigenvalue weighted by molar-refractivity contribution is -0.146. The van der Waals surface area contributed by atoms with Crippen LogP contribution in [0.4, 0.5) is 0 Å². The quantitative estimate of drug-likeness (QED) is 0.0459. The first-order valence-electron chi connectivity index (χ1n) is 24.6. The lowest BCUT2D eigenvalue weighted by Crippen LogP contribution is -2.22. The Morgan fingerprint density at radius 1 is 0.407 bits per heavy atom. The Hall–Kier alpha value is -1.10. The molecule has 1 unspecified atom stereocenters. The third-order valence-corrected chi connectivity index (χ3v) is 12.4. The molecule has 1 heterocycles. The summed E-state index contributed by atoms with van der Waals surface area (Å²) in [7, 11) is 0. The fourth-order valence-corrected chi connectivity index (χ4v) is 8.68. The first-order valence-corrected chi connectivity index (χ1v) is 24.6. The summed E-state index contributed by atoms with van der Waals surface area (Å²) in [6.07, 6.45) is 43.1. The SMILES string of the molecule is CCCCCC(CCCCC)CC(=O)OCCCCCCCCCC(CCCCCCCOC(=O)CC(CCCCC)CCCCC)CCN1CCCC1. The number of unbranched alkanes of at least 4 members (excludes halogenated alkanes) is 18. The molecule has 0 radical (unpaired) electrons. The van der Waals surface area contributed by atoms with E-state index in [2.05, 4.69) is 32.6 Å². The molecule has 1 rings (SSSR count). The predicted octanol–water partition coefficient (Wildman–Crippen LogP) is 15.0. The number of esters is 2. The van der Waals surface area contributed by atoms with Gasteiger partial charge in [0, 0.05) is 12.8 Å². The van der Waals surface area contributed by atoms with Gasteiger partial charge in [0.2, 0.25) is 0 Å². The van der Waals surface area contributed by atoms with Gasteiger partial charge in [-0.3, -0.25) is 9.59 Å². The third-order valence-electron chi connectivity index (χ3n) is 12.4. The van der Waals surface area contributed by atoms with E-state index < -0.39 is 0 Å². The van der Waals surface area contributed by atoms with Crippen molar-refractivity contribution in [1.82, 2.24) is 4.90 Å². The van der Waals surface area contributed by atoms with Crippen LogP contribution in [0.3, 0.4) is 0 Å². The Balaban J connectivity index is 2.17.